The lowest BCUT2D eigenvalue weighted by molar-refractivity contribution is -0.122. The molecule has 3 nitrogen and oxygen atoms in total. The number of nitrogens with one attached hydrogen (secondary N) is 1. The summed E-state index contributed by atoms with van der Waals surface area (Å²) in [5.74, 6) is -0.0943. The Morgan fingerprint density at radius 1 is 1.27 bits per heavy atom. The Morgan fingerprint density at radius 3 is 2.73 bits per heavy atom. The number of hydrogen-bond donors (Lipinski definition) is 2. The fourth-order valence-corrected chi connectivity index (χ4v) is 2.58. The van der Waals surface area contributed by atoms with Crippen molar-refractivity contribution >= 4 is 17.5 Å². The van der Waals surface area contributed by atoms with Gasteiger partial charge in [-0.2, -0.15) is 0 Å². The van der Waals surface area contributed by atoms with Crippen LogP contribution in [0.15, 0.2) is 48.1 Å². The van der Waals surface area contributed by atoms with Crippen molar-refractivity contribution in [2.24, 2.45) is 5.73 Å². The van der Waals surface area contributed by atoms with E-state index in [1.54, 1.807) is 0 Å². The van der Waals surface area contributed by atoms with Gasteiger partial charge in [0, 0.05) is 11.6 Å². The van der Waals surface area contributed by atoms with Crippen LogP contribution in [0, 0.1) is 0 Å². The lowest BCUT2D eigenvalue weighted by atomic mass is 10.0. The van der Waals surface area contributed by atoms with Crippen LogP contribution in [-0.4, -0.2) is 18.5 Å². The number of hydrogen-bond acceptors (Lipinski definition) is 2. The predicted octanol–water partition coefficient (Wildman–Crippen LogP) is 3.38. The molecule has 1 atom stereocenters. The average molecular weight is 319 g/mol. The van der Waals surface area contributed by atoms with E-state index < -0.39 is 6.04 Å². The molecule has 3 N–H and O–H groups in total. The zero-order chi connectivity index (χ0) is 15.8. The number of carbonyl (C=O) groups is 1. The van der Waals surface area contributed by atoms with Gasteiger partial charge in [-0.25, -0.2) is 0 Å². The Labute approximate surface area is 137 Å². The van der Waals surface area contributed by atoms with Crippen LogP contribution in [0.25, 0.3) is 0 Å². The third kappa shape index (κ3) is 5.66. The SMILES string of the molecule is N[C@@H](Cc1ccc(Cl)cc1)C(=O)NCCCC1=CCCC=C1. The highest BCUT2D eigenvalue weighted by atomic mass is 35.5. The van der Waals surface area contributed by atoms with E-state index in [9.17, 15) is 4.79 Å². The van der Waals surface area contributed by atoms with Crippen molar-refractivity contribution < 1.29 is 4.79 Å². The summed E-state index contributed by atoms with van der Waals surface area (Å²) in [5, 5.41) is 3.60. The smallest absolute Gasteiger partial charge is 0.237 e. The second-order valence-electron chi connectivity index (χ2n) is 5.59. The molecule has 1 aromatic rings. The molecule has 4 heteroatoms. The quantitative estimate of drug-likeness (QED) is 0.757. The molecular formula is C18H23ClN2O. The molecule has 1 amide bonds. The first-order chi connectivity index (χ1) is 10.6. The number of halogens is 1. The lowest BCUT2D eigenvalue weighted by Gasteiger charge is -2.13. The Hall–Kier alpha value is -1.58. The monoisotopic (exact) mass is 318 g/mol. The Balaban J connectivity index is 1.66. The Kier molecular flexibility index (Phi) is 6.69. The topological polar surface area (TPSA) is 55.1 Å². The third-order valence-electron chi connectivity index (χ3n) is 3.72. The van der Waals surface area contributed by atoms with Crippen molar-refractivity contribution in [2.75, 3.05) is 6.54 Å². The molecular weight excluding hydrogens is 296 g/mol. The van der Waals surface area contributed by atoms with Crippen LogP contribution in [0.5, 0.6) is 0 Å². The first kappa shape index (κ1) is 16.8. The Bertz CT molecular complexity index is 549. The van der Waals surface area contributed by atoms with Gasteiger partial charge in [-0.3, -0.25) is 4.79 Å². The average Bonchev–Trinajstić information content (AvgIpc) is 2.54. The fourth-order valence-electron chi connectivity index (χ4n) is 2.46. The highest BCUT2D eigenvalue weighted by molar-refractivity contribution is 6.30. The molecule has 0 saturated heterocycles. The van der Waals surface area contributed by atoms with Gasteiger partial charge in [0.1, 0.15) is 0 Å². The lowest BCUT2D eigenvalue weighted by Crippen LogP contribution is -2.42. The maximum Gasteiger partial charge on any atom is 0.237 e. The summed E-state index contributed by atoms with van der Waals surface area (Å²) in [7, 11) is 0. The molecule has 0 unspecified atom stereocenters. The summed E-state index contributed by atoms with van der Waals surface area (Å²) >= 11 is 5.84. The number of rotatable bonds is 7. The minimum atomic E-state index is -0.519. The predicted molar refractivity (Wildman–Crippen MR) is 91.8 cm³/mol. The van der Waals surface area contributed by atoms with Crippen LogP contribution in [0.3, 0.4) is 0 Å². The van der Waals surface area contributed by atoms with Crippen LogP contribution < -0.4 is 11.1 Å². The zero-order valence-electron chi connectivity index (χ0n) is 12.7. The Morgan fingerprint density at radius 2 is 2.05 bits per heavy atom. The number of carbonyl (C=O) groups excluding carboxylic acids is 1. The molecule has 0 saturated carbocycles. The van der Waals surface area contributed by atoms with Crippen molar-refractivity contribution in [3.8, 4) is 0 Å². The molecule has 0 heterocycles. The maximum atomic E-state index is 12.0. The van der Waals surface area contributed by atoms with E-state index in [0.29, 0.717) is 18.0 Å². The molecule has 1 aromatic carbocycles. The zero-order valence-corrected chi connectivity index (χ0v) is 13.5. The molecule has 22 heavy (non-hydrogen) atoms. The van der Waals surface area contributed by atoms with Crippen LogP contribution >= 0.6 is 11.6 Å². The highest BCUT2D eigenvalue weighted by Gasteiger charge is 2.13. The van der Waals surface area contributed by atoms with E-state index in [0.717, 1.165) is 31.2 Å². The van der Waals surface area contributed by atoms with Gasteiger partial charge < -0.3 is 11.1 Å². The van der Waals surface area contributed by atoms with Gasteiger partial charge >= 0.3 is 0 Å². The van der Waals surface area contributed by atoms with Crippen LogP contribution in [0.1, 0.15) is 31.2 Å². The number of nitrogens with two attached hydrogens (primary N) is 1. The minimum absolute atomic E-state index is 0.0943. The molecule has 1 aliphatic rings. The largest absolute Gasteiger partial charge is 0.355 e. The van der Waals surface area contributed by atoms with Crippen molar-refractivity contribution in [2.45, 2.75) is 38.1 Å². The van der Waals surface area contributed by atoms with Crippen LogP contribution in [0.4, 0.5) is 0 Å². The van der Waals surface area contributed by atoms with E-state index in [4.69, 9.17) is 17.3 Å². The number of allylic oxidation sites excluding steroid dienone is 4. The molecule has 2 rings (SSSR count). The van der Waals surface area contributed by atoms with Gasteiger partial charge in [-0.1, -0.05) is 47.5 Å². The second kappa shape index (κ2) is 8.76. The summed E-state index contributed by atoms with van der Waals surface area (Å²) in [6.07, 6.45) is 11.4. The summed E-state index contributed by atoms with van der Waals surface area (Å²) in [5.41, 5.74) is 8.33. The maximum absolute atomic E-state index is 12.0. The standard InChI is InChI=1S/C18H23ClN2O/c19-16-10-8-15(9-11-16)13-17(20)18(22)21-12-4-7-14-5-2-1-3-6-14/h2,5-6,8-11,17H,1,3-4,7,12-13,20H2,(H,21,22)/t17-/m0/s1. The first-order valence-corrected chi connectivity index (χ1v) is 8.16. The molecule has 0 radical (unpaired) electrons. The van der Waals surface area contributed by atoms with Crippen molar-refractivity contribution in [1.29, 1.82) is 0 Å². The molecule has 0 spiro atoms. The highest BCUT2D eigenvalue weighted by Crippen LogP contribution is 2.14. The molecule has 0 fully saturated rings. The van der Waals surface area contributed by atoms with Crippen LogP contribution in [0.2, 0.25) is 5.02 Å². The van der Waals surface area contributed by atoms with Gasteiger partial charge in [-0.15, -0.1) is 0 Å². The third-order valence-corrected chi connectivity index (χ3v) is 3.97. The van der Waals surface area contributed by atoms with Crippen molar-refractivity contribution in [1.82, 2.24) is 5.32 Å². The van der Waals surface area contributed by atoms with Crippen LogP contribution in [-0.2, 0) is 11.2 Å². The fraction of sp³-hybridized carbons (Fsp3) is 0.389. The summed E-state index contributed by atoms with van der Waals surface area (Å²) in [6, 6.07) is 6.91. The van der Waals surface area contributed by atoms with E-state index in [1.165, 1.54) is 5.57 Å². The van der Waals surface area contributed by atoms with E-state index in [1.807, 2.05) is 24.3 Å². The van der Waals surface area contributed by atoms with Gasteiger partial charge in [0.05, 0.1) is 6.04 Å². The molecule has 0 bridgehead atoms. The van der Waals surface area contributed by atoms with E-state index in [2.05, 4.69) is 23.5 Å². The van der Waals surface area contributed by atoms with Crippen molar-refractivity contribution in [3.63, 3.8) is 0 Å². The van der Waals surface area contributed by atoms with Crippen molar-refractivity contribution in [3.05, 3.63) is 58.7 Å². The molecule has 118 valence electrons. The summed E-state index contributed by atoms with van der Waals surface area (Å²) < 4.78 is 0. The molecule has 0 aliphatic heterocycles. The van der Waals surface area contributed by atoms with E-state index >= 15 is 0 Å². The normalized spacial score (nSPS) is 15.3. The van der Waals surface area contributed by atoms with Gasteiger partial charge in [0.15, 0.2) is 0 Å². The molecule has 0 aromatic heterocycles. The first-order valence-electron chi connectivity index (χ1n) is 7.78. The second-order valence-corrected chi connectivity index (χ2v) is 6.03. The summed E-state index contributed by atoms with van der Waals surface area (Å²) in [6.45, 7) is 0.665. The number of amides is 1. The summed E-state index contributed by atoms with van der Waals surface area (Å²) in [4.78, 5) is 12.0. The van der Waals surface area contributed by atoms with Gasteiger partial charge in [0.25, 0.3) is 0 Å². The number of benzene rings is 1. The van der Waals surface area contributed by atoms with Gasteiger partial charge in [-0.05, 0) is 49.8 Å². The van der Waals surface area contributed by atoms with Gasteiger partial charge in [0.2, 0.25) is 5.91 Å². The minimum Gasteiger partial charge on any atom is -0.355 e. The van der Waals surface area contributed by atoms with E-state index in [-0.39, 0.29) is 5.91 Å². The molecule has 1 aliphatic carbocycles.